The molecule has 2 heterocycles. The van der Waals surface area contributed by atoms with Gasteiger partial charge >= 0.3 is 5.97 Å². The molecule has 134 valence electrons. The summed E-state index contributed by atoms with van der Waals surface area (Å²) in [6, 6.07) is 3.66. The van der Waals surface area contributed by atoms with Crippen molar-refractivity contribution in [1.29, 1.82) is 0 Å². The number of methoxy groups -OCH3 is 1. The molecule has 8 heteroatoms. The van der Waals surface area contributed by atoms with Crippen molar-refractivity contribution in [2.75, 3.05) is 20.3 Å². The Kier molecular flexibility index (Phi) is 4.55. The number of esters is 1. The molecule has 25 heavy (non-hydrogen) atoms. The van der Waals surface area contributed by atoms with Crippen molar-refractivity contribution in [2.45, 2.75) is 27.3 Å². The van der Waals surface area contributed by atoms with Crippen LogP contribution in [-0.4, -0.2) is 36.8 Å². The van der Waals surface area contributed by atoms with E-state index in [1.165, 1.54) is 18.4 Å². The number of carbonyl (C=O) groups is 2. The van der Waals surface area contributed by atoms with Crippen LogP contribution in [0.2, 0.25) is 0 Å². The van der Waals surface area contributed by atoms with Crippen molar-refractivity contribution in [3.63, 3.8) is 0 Å². The number of nitrogens with zero attached hydrogens (tertiary/aromatic N) is 2. The maximum Gasteiger partial charge on any atom is 0.325 e. The molecule has 0 radical (unpaired) electrons. The normalized spacial score (nSPS) is 14.6. The summed E-state index contributed by atoms with van der Waals surface area (Å²) < 4.78 is 18.5. The number of hydrogen-bond donors (Lipinski definition) is 0. The molecule has 0 fully saturated rings. The zero-order valence-corrected chi connectivity index (χ0v) is 15.4. The first-order valence-corrected chi connectivity index (χ1v) is 8.70. The zero-order valence-electron chi connectivity index (χ0n) is 14.6. The van der Waals surface area contributed by atoms with Crippen LogP contribution in [0.1, 0.15) is 20.8 Å². The van der Waals surface area contributed by atoms with Crippen molar-refractivity contribution in [2.24, 2.45) is 10.4 Å². The summed E-state index contributed by atoms with van der Waals surface area (Å²) >= 11 is 1.33. The van der Waals surface area contributed by atoms with Crippen LogP contribution in [-0.2, 0) is 20.9 Å². The predicted molar refractivity (Wildman–Crippen MR) is 92.8 cm³/mol. The van der Waals surface area contributed by atoms with Gasteiger partial charge in [-0.1, -0.05) is 32.1 Å². The summed E-state index contributed by atoms with van der Waals surface area (Å²) in [7, 11) is 1.33. The third-order valence-corrected chi connectivity index (χ3v) is 4.74. The molecule has 0 bridgehead atoms. The number of carbonyl (C=O) groups excluding carboxylic acids is 2. The fourth-order valence-corrected chi connectivity index (χ4v) is 3.33. The highest BCUT2D eigenvalue weighted by Gasteiger charge is 2.22. The first-order valence-electron chi connectivity index (χ1n) is 7.88. The maximum atomic E-state index is 12.3. The third kappa shape index (κ3) is 3.53. The van der Waals surface area contributed by atoms with Gasteiger partial charge in [0, 0.05) is 17.5 Å². The van der Waals surface area contributed by atoms with E-state index in [0.717, 1.165) is 10.2 Å². The van der Waals surface area contributed by atoms with E-state index in [4.69, 9.17) is 14.2 Å². The van der Waals surface area contributed by atoms with Crippen LogP contribution >= 0.6 is 11.3 Å². The van der Waals surface area contributed by atoms with Gasteiger partial charge in [0.2, 0.25) is 0 Å². The molecule has 3 rings (SSSR count). The van der Waals surface area contributed by atoms with Crippen molar-refractivity contribution >= 4 is 33.4 Å². The Bertz CT molecular complexity index is 904. The lowest BCUT2D eigenvalue weighted by Gasteiger charge is -2.18. The van der Waals surface area contributed by atoms with Gasteiger partial charge in [0.25, 0.3) is 5.91 Å². The number of hydrogen-bond acceptors (Lipinski definition) is 6. The van der Waals surface area contributed by atoms with Crippen LogP contribution in [0.15, 0.2) is 17.1 Å². The second kappa shape index (κ2) is 6.51. The van der Waals surface area contributed by atoms with Gasteiger partial charge in [-0.05, 0) is 0 Å². The number of benzene rings is 1. The van der Waals surface area contributed by atoms with Crippen molar-refractivity contribution in [3.8, 4) is 11.5 Å². The fourth-order valence-electron chi connectivity index (χ4n) is 2.29. The number of rotatable bonds is 2. The lowest BCUT2D eigenvalue weighted by atomic mass is 9.96. The highest BCUT2D eigenvalue weighted by atomic mass is 32.1. The van der Waals surface area contributed by atoms with E-state index in [1.807, 2.05) is 12.1 Å². The Morgan fingerprint density at radius 1 is 1.24 bits per heavy atom. The molecule has 0 atom stereocenters. The van der Waals surface area contributed by atoms with Gasteiger partial charge in [-0.15, -0.1) is 0 Å². The van der Waals surface area contributed by atoms with E-state index < -0.39 is 11.4 Å². The molecule has 1 amide bonds. The number of fused-ring (bicyclic) bond motifs is 2. The van der Waals surface area contributed by atoms with E-state index >= 15 is 0 Å². The Morgan fingerprint density at radius 3 is 2.48 bits per heavy atom. The van der Waals surface area contributed by atoms with Crippen molar-refractivity contribution < 1.29 is 23.8 Å². The molecular weight excluding hydrogens is 344 g/mol. The minimum atomic E-state index is -0.606. The number of amides is 1. The van der Waals surface area contributed by atoms with Crippen LogP contribution in [0, 0.1) is 5.41 Å². The molecule has 7 nitrogen and oxygen atoms in total. The Balaban J connectivity index is 2.20. The molecule has 0 spiro atoms. The van der Waals surface area contributed by atoms with Crippen LogP contribution in [0.25, 0.3) is 10.2 Å². The summed E-state index contributed by atoms with van der Waals surface area (Å²) in [5.41, 5.74) is 0.144. The predicted octanol–water partition coefficient (Wildman–Crippen LogP) is 2.12. The Morgan fingerprint density at radius 2 is 1.88 bits per heavy atom. The summed E-state index contributed by atoms with van der Waals surface area (Å²) in [6.07, 6.45) is 0. The minimum absolute atomic E-state index is 0.0353. The van der Waals surface area contributed by atoms with Gasteiger partial charge in [0.1, 0.15) is 19.8 Å². The lowest BCUT2D eigenvalue weighted by Crippen LogP contribution is -2.26. The molecule has 0 N–H and O–H groups in total. The van der Waals surface area contributed by atoms with E-state index in [0.29, 0.717) is 29.5 Å². The molecule has 1 aromatic heterocycles. The van der Waals surface area contributed by atoms with Gasteiger partial charge in [-0.25, -0.2) is 0 Å². The first-order chi connectivity index (χ1) is 11.8. The molecule has 0 unspecified atom stereocenters. The average molecular weight is 364 g/mol. The number of thiazole rings is 1. The molecule has 1 aliphatic rings. The summed E-state index contributed by atoms with van der Waals surface area (Å²) in [4.78, 5) is 28.8. The van der Waals surface area contributed by atoms with Crippen molar-refractivity contribution in [1.82, 2.24) is 4.57 Å². The van der Waals surface area contributed by atoms with Crippen LogP contribution < -0.4 is 14.3 Å². The zero-order chi connectivity index (χ0) is 18.2. The Labute approximate surface area is 148 Å². The largest absolute Gasteiger partial charge is 0.486 e. The second-order valence-corrected chi connectivity index (χ2v) is 7.69. The quantitative estimate of drug-likeness (QED) is 0.763. The van der Waals surface area contributed by atoms with Crippen LogP contribution in [0.4, 0.5) is 0 Å². The standard InChI is InChI=1S/C17H20N2O5S/c1-17(2,3)15(21)18-16-19(9-14(20)22-4)10-7-11-12(8-13(10)25-16)24-6-5-23-11/h7-8H,5-6,9H2,1-4H3. The highest BCUT2D eigenvalue weighted by molar-refractivity contribution is 7.16. The minimum Gasteiger partial charge on any atom is -0.486 e. The van der Waals surface area contributed by atoms with E-state index in [9.17, 15) is 9.59 Å². The van der Waals surface area contributed by atoms with Gasteiger partial charge in [0.15, 0.2) is 16.3 Å². The van der Waals surface area contributed by atoms with Gasteiger partial charge in [-0.3, -0.25) is 9.59 Å². The van der Waals surface area contributed by atoms with E-state index in [-0.39, 0.29) is 12.5 Å². The first kappa shape index (κ1) is 17.5. The molecule has 1 aliphatic heterocycles. The smallest absolute Gasteiger partial charge is 0.325 e. The van der Waals surface area contributed by atoms with Crippen LogP contribution in [0.5, 0.6) is 11.5 Å². The molecule has 0 saturated carbocycles. The van der Waals surface area contributed by atoms with Gasteiger partial charge < -0.3 is 18.8 Å². The van der Waals surface area contributed by atoms with Gasteiger partial charge in [0.05, 0.1) is 17.3 Å². The lowest BCUT2D eigenvalue weighted by molar-refractivity contribution is -0.141. The topological polar surface area (TPSA) is 79.1 Å². The maximum absolute atomic E-state index is 12.3. The number of ether oxygens (including phenoxy) is 3. The molecule has 1 aromatic carbocycles. The molecule has 2 aromatic rings. The Hall–Kier alpha value is -2.35. The summed E-state index contributed by atoms with van der Waals surface area (Å²) in [5.74, 6) is 0.594. The molecular formula is C17H20N2O5S. The highest BCUT2D eigenvalue weighted by Crippen LogP contribution is 2.35. The summed E-state index contributed by atoms with van der Waals surface area (Å²) in [5, 5.41) is 0. The average Bonchev–Trinajstić information content (AvgIpc) is 2.88. The monoisotopic (exact) mass is 364 g/mol. The molecule has 0 saturated heterocycles. The van der Waals surface area contributed by atoms with Crippen LogP contribution in [0.3, 0.4) is 0 Å². The number of aromatic nitrogens is 1. The fraction of sp³-hybridized carbons (Fsp3) is 0.471. The van der Waals surface area contributed by atoms with Crippen molar-refractivity contribution in [3.05, 3.63) is 16.9 Å². The van der Waals surface area contributed by atoms with Gasteiger partial charge in [-0.2, -0.15) is 4.99 Å². The second-order valence-electron chi connectivity index (χ2n) is 6.68. The SMILES string of the molecule is COC(=O)Cn1c(=NC(=O)C(C)(C)C)sc2cc3c(cc21)OCCO3. The summed E-state index contributed by atoms with van der Waals surface area (Å²) in [6.45, 7) is 6.34. The van der Waals surface area contributed by atoms with E-state index in [2.05, 4.69) is 4.99 Å². The molecule has 0 aliphatic carbocycles. The third-order valence-electron chi connectivity index (χ3n) is 3.70. The van der Waals surface area contributed by atoms with E-state index in [1.54, 1.807) is 25.3 Å².